The minimum absolute atomic E-state index is 0.0553. The fraction of sp³-hybridized carbons (Fsp3) is 0.160. The molecule has 0 spiro atoms. The number of carbonyl (C=O) groups is 1. The van der Waals surface area contributed by atoms with Crippen LogP contribution in [0.4, 0.5) is 10.8 Å². The summed E-state index contributed by atoms with van der Waals surface area (Å²) in [5.74, 6) is 0.570. The molecule has 7 nitrogen and oxygen atoms in total. The highest BCUT2D eigenvalue weighted by Gasteiger charge is 2.20. The minimum Gasteiger partial charge on any atom is -0.274 e. The Bertz CT molecular complexity index is 1450. The molecule has 0 fully saturated rings. The Labute approximate surface area is 205 Å². The van der Waals surface area contributed by atoms with Crippen molar-refractivity contribution in [2.75, 3.05) is 4.90 Å². The summed E-state index contributed by atoms with van der Waals surface area (Å²) >= 11 is 3.06. The molecule has 0 N–H and O–H groups in total. The van der Waals surface area contributed by atoms with Crippen LogP contribution in [0.1, 0.15) is 25.1 Å². The molecule has 0 radical (unpaired) electrons. The molecular weight excluding hydrogens is 464 g/mol. The van der Waals surface area contributed by atoms with Gasteiger partial charge in [0.15, 0.2) is 10.8 Å². The topological polar surface area (TPSA) is 76.8 Å². The molecule has 170 valence electrons. The number of hydrogen-bond acceptors (Lipinski definition) is 7. The number of amides is 1. The lowest BCUT2D eigenvalue weighted by Crippen LogP contribution is -2.23. The number of rotatable bonds is 7. The average Bonchev–Trinajstić information content (AvgIpc) is 3.51. The van der Waals surface area contributed by atoms with Crippen LogP contribution in [0, 0.1) is 0 Å². The van der Waals surface area contributed by atoms with Crippen molar-refractivity contribution in [3.8, 4) is 5.69 Å². The Morgan fingerprint density at radius 1 is 1.09 bits per heavy atom. The van der Waals surface area contributed by atoms with E-state index >= 15 is 0 Å². The van der Waals surface area contributed by atoms with Gasteiger partial charge in [-0.15, -0.1) is 11.3 Å². The van der Waals surface area contributed by atoms with Gasteiger partial charge in [0, 0.05) is 18.1 Å². The Morgan fingerprint density at radius 3 is 2.68 bits per heavy atom. The molecule has 0 saturated heterocycles. The molecule has 1 amide bonds. The first-order valence-corrected chi connectivity index (χ1v) is 12.7. The summed E-state index contributed by atoms with van der Waals surface area (Å²) in [6.07, 6.45) is 4.21. The first kappa shape index (κ1) is 22.2. The van der Waals surface area contributed by atoms with E-state index in [2.05, 4.69) is 22.0 Å². The van der Waals surface area contributed by atoms with E-state index in [4.69, 9.17) is 4.98 Å². The molecule has 3 heterocycles. The number of fused-ring (bicyclic) bond motifs is 1. The van der Waals surface area contributed by atoms with Crippen molar-refractivity contribution in [2.45, 2.75) is 31.0 Å². The van der Waals surface area contributed by atoms with E-state index in [1.165, 1.54) is 11.3 Å². The Hall–Kier alpha value is -3.56. The van der Waals surface area contributed by atoms with E-state index < -0.39 is 0 Å². The van der Waals surface area contributed by atoms with Crippen LogP contribution in [0.25, 0.3) is 16.7 Å². The first-order valence-electron chi connectivity index (χ1n) is 10.9. The normalized spacial score (nSPS) is 11.1. The van der Waals surface area contributed by atoms with Gasteiger partial charge in [0.25, 0.3) is 0 Å². The lowest BCUT2D eigenvalue weighted by atomic mass is 10.1. The second-order valence-corrected chi connectivity index (χ2v) is 9.36. The third-order valence-electron chi connectivity index (χ3n) is 5.35. The summed E-state index contributed by atoms with van der Waals surface area (Å²) in [5.41, 5.74) is 4.61. The number of carbonyl (C=O) groups excluding carboxylic acids is 1. The number of anilines is 2. The standard InChI is InChI=1S/C25H22N6OS2/c1-3-18-9-7-8-12-22(18)30(17(2)32)25-29-19(15-34-25)14-33-24-21-13-28-31(23(21)26-16-27-24)20-10-5-4-6-11-20/h4-13,15-16H,3,14H2,1-2H3. The van der Waals surface area contributed by atoms with Gasteiger partial charge >= 0.3 is 0 Å². The lowest BCUT2D eigenvalue weighted by molar-refractivity contribution is -0.115. The van der Waals surface area contributed by atoms with Gasteiger partial charge in [0.2, 0.25) is 5.91 Å². The van der Waals surface area contributed by atoms with Gasteiger partial charge in [0.05, 0.1) is 28.7 Å². The Balaban J connectivity index is 1.38. The van der Waals surface area contributed by atoms with Crippen molar-refractivity contribution in [2.24, 2.45) is 0 Å². The summed E-state index contributed by atoms with van der Waals surface area (Å²) in [5, 5.41) is 8.94. The predicted molar refractivity (Wildman–Crippen MR) is 137 cm³/mol. The van der Waals surface area contributed by atoms with E-state index in [1.807, 2.05) is 64.7 Å². The van der Waals surface area contributed by atoms with E-state index in [1.54, 1.807) is 36.1 Å². The monoisotopic (exact) mass is 486 g/mol. The lowest BCUT2D eigenvalue weighted by Gasteiger charge is -2.20. The fourth-order valence-corrected chi connectivity index (χ4v) is 5.58. The summed E-state index contributed by atoms with van der Waals surface area (Å²) in [4.78, 5) is 27.9. The van der Waals surface area contributed by atoms with Crippen molar-refractivity contribution in [1.82, 2.24) is 24.7 Å². The van der Waals surface area contributed by atoms with Crippen molar-refractivity contribution < 1.29 is 4.79 Å². The maximum atomic E-state index is 12.5. The van der Waals surface area contributed by atoms with Crippen molar-refractivity contribution in [3.05, 3.63) is 83.8 Å². The van der Waals surface area contributed by atoms with Crippen molar-refractivity contribution in [1.29, 1.82) is 0 Å². The van der Waals surface area contributed by atoms with Crippen LogP contribution in [0.2, 0.25) is 0 Å². The summed E-state index contributed by atoms with van der Waals surface area (Å²) < 4.78 is 1.82. The average molecular weight is 487 g/mol. The molecule has 0 aliphatic carbocycles. The molecule has 9 heteroatoms. The van der Waals surface area contributed by atoms with E-state index in [9.17, 15) is 4.79 Å². The maximum absolute atomic E-state index is 12.5. The molecule has 34 heavy (non-hydrogen) atoms. The fourth-order valence-electron chi connectivity index (χ4n) is 3.74. The molecule has 2 aromatic carbocycles. The summed E-state index contributed by atoms with van der Waals surface area (Å²) in [6, 6.07) is 17.9. The molecule has 5 aromatic rings. The molecular formula is C25H22N6OS2. The third kappa shape index (κ3) is 4.32. The molecule has 0 aliphatic rings. The van der Waals surface area contributed by atoms with Crippen LogP contribution in [0.3, 0.4) is 0 Å². The third-order valence-corrected chi connectivity index (χ3v) is 7.26. The number of benzene rings is 2. The smallest absolute Gasteiger partial charge is 0.230 e. The zero-order chi connectivity index (χ0) is 23.5. The quantitative estimate of drug-likeness (QED) is 0.213. The van der Waals surface area contributed by atoms with Crippen LogP contribution in [-0.2, 0) is 17.0 Å². The highest BCUT2D eigenvalue weighted by atomic mass is 32.2. The Morgan fingerprint density at radius 2 is 1.88 bits per heavy atom. The van der Waals surface area contributed by atoms with Crippen molar-refractivity contribution in [3.63, 3.8) is 0 Å². The van der Waals surface area contributed by atoms with Gasteiger partial charge in [-0.25, -0.2) is 19.6 Å². The van der Waals surface area contributed by atoms with Gasteiger partial charge in [-0.2, -0.15) is 5.10 Å². The van der Waals surface area contributed by atoms with E-state index in [0.717, 1.165) is 45.1 Å². The Kier molecular flexibility index (Phi) is 6.37. The number of para-hydroxylation sites is 2. The molecule has 0 unspecified atom stereocenters. The van der Waals surface area contributed by atoms with Gasteiger partial charge in [0.1, 0.15) is 11.4 Å². The van der Waals surface area contributed by atoms with Crippen LogP contribution < -0.4 is 4.90 Å². The van der Waals surface area contributed by atoms with Crippen LogP contribution in [0.5, 0.6) is 0 Å². The van der Waals surface area contributed by atoms with Crippen molar-refractivity contribution >= 4 is 50.9 Å². The summed E-state index contributed by atoms with van der Waals surface area (Å²) in [6.45, 7) is 3.66. The van der Waals surface area contributed by atoms with Gasteiger partial charge < -0.3 is 0 Å². The highest BCUT2D eigenvalue weighted by Crippen LogP contribution is 2.34. The van der Waals surface area contributed by atoms with Crippen LogP contribution >= 0.6 is 23.1 Å². The zero-order valence-electron chi connectivity index (χ0n) is 18.8. The largest absolute Gasteiger partial charge is 0.274 e. The van der Waals surface area contributed by atoms with Crippen LogP contribution in [0.15, 0.2) is 77.5 Å². The molecule has 0 atom stereocenters. The molecule has 0 bridgehead atoms. The second-order valence-electron chi connectivity index (χ2n) is 7.55. The molecule has 0 aliphatic heterocycles. The molecule has 5 rings (SSSR count). The van der Waals surface area contributed by atoms with E-state index in [0.29, 0.717) is 10.9 Å². The van der Waals surface area contributed by atoms with Gasteiger partial charge in [-0.3, -0.25) is 9.69 Å². The van der Waals surface area contributed by atoms with E-state index in [-0.39, 0.29) is 5.91 Å². The molecule has 0 saturated carbocycles. The van der Waals surface area contributed by atoms with Gasteiger partial charge in [-0.1, -0.05) is 55.1 Å². The minimum atomic E-state index is -0.0553. The summed E-state index contributed by atoms with van der Waals surface area (Å²) in [7, 11) is 0. The zero-order valence-corrected chi connectivity index (χ0v) is 20.4. The number of aromatic nitrogens is 5. The van der Waals surface area contributed by atoms with Crippen LogP contribution in [-0.4, -0.2) is 30.6 Å². The number of aryl methyl sites for hydroxylation is 1. The second kappa shape index (κ2) is 9.74. The number of nitrogens with zero attached hydrogens (tertiary/aromatic N) is 6. The van der Waals surface area contributed by atoms with Gasteiger partial charge in [-0.05, 0) is 30.2 Å². The number of hydrogen-bond donors (Lipinski definition) is 0. The maximum Gasteiger partial charge on any atom is 0.230 e. The number of thioether (sulfide) groups is 1. The molecule has 3 aromatic heterocycles. The highest BCUT2D eigenvalue weighted by molar-refractivity contribution is 7.98. The SMILES string of the molecule is CCc1ccccc1N(C(C)=O)c1nc(CSc2ncnc3c2cnn3-c2ccccc2)cs1. The number of thiazole rings is 1. The predicted octanol–water partition coefficient (Wildman–Crippen LogP) is 5.81. The first-order chi connectivity index (χ1) is 16.7.